The van der Waals surface area contributed by atoms with Gasteiger partial charge in [0.15, 0.2) is 0 Å². The van der Waals surface area contributed by atoms with E-state index in [9.17, 15) is 9.59 Å². The first-order chi connectivity index (χ1) is 8.85. The van der Waals surface area contributed by atoms with Crippen molar-refractivity contribution >= 4 is 23.2 Å². The fourth-order valence-electron chi connectivity index (χ4n) is 1.63. The molecule has 0 aliphatic heterocycles. The zero-order valence-electron chi connectivity index (χ0n) is 11.5. The van der Waals surface area contributed by atoms with E-state index in [-0.39, 0.29) is 25.0 Å². The van der Waals surface area contributed by atoms with Crippen LogP contribution in [0.3, 0.4) is 0 Å². The Labute approximate surface area is 117 Å². The topological polar surface area (TPSA) is 69.6 Å². The van der Waals surface area contributed by atoms with Crippen LogP contribution in [0.15, 0.2) is 17.5 Å². The molecule has 1 aromatic rings. The number of nitrogens with zero attached hydrogens (tertiary/aromatic N) is 1. The van der Waals surface area contributed by atoms with Crippen LogP contribution in [0.1, 0.15) is 29.9 Å². The van der Waals surface area contributed by atoms with Gasteiger partial charge in [0.1, 0.15) is 0 Å². The lowest BCUT2D eigenvalue weighted by molar-refractivity contribution is -0.123. The number of rotatable bonds is 6. The fraction of sp³-hybridized carbons (Fsp3) is 0.538. The highest BCUT2D eigenvalue weighted by Gasteiger charge is 2.22. The normalized spacial score (nSPS) is 11.2. The maximum absolute atomic E-state index is 11.9. The Morgan fingerprint density at radius 2 is 2.16 bits per heavy atom. The number of amides is 2. The van der Waals surface area contributed by atoms with Gasteiger partial charge in [0.2, 0.25) is 5.91 Å². The van der Waals surface area contributed by atoms with Gasteiger partial charge < -0.3 is 15.3 Å². The van der Waals surface area contributed by atoms with Gasteiger partial charge in [-0.15, -0.1) is 11.3 Å². The van der Waals surface area contributed by atoms with Crippen LogP contribution in [-0.4, -0.2) is 47.6 Å². The molecule has 0 saturated heterocycles. The number of carbonyl (C=O) groups is 2. The Balaban J connectivity index is 2.50. The van der Waals surface area contributed by atoms with Gasteiger partial charge in [-0.2, -0.15) is 0 Å². The monoisotopic (exact) mass is 284 g/mol. The molecule has 0 radical (unpaired) electrons. The molecule has 19 heavy (non-hydrogen) atoms. The highest BCUT2D eigenvalue weighted by molar-refractivity contribution is 7.12. The minimum absolute atomic E-state index is 0.00555. The summed E-state index contributed by atoms with van der Waals surface area (Å²) in [4.78, 5) is 25.8. The number of likely N-dealkylation sites (N-methyl/N-ethyl adjacent to an activating group) is 1. The minimum atomic E-state index is -0.474. The third kappa shape index (κ3) is 5.00. The average Bonchev–Trinajstić information content (AvgIpc) is 2.79. The number of nitrogens with one attached hydrogen (secondary N) is 1. The van der Waals surface area contributed by atoms with E-state index in [1.165, 1.54) is 16.2 Å². The van der Waals surface area contributed by atoms with E-state index in [2.05, 4.69) is 5.32 Å². The molecule has 2 amide bonds. The molecule has 0 atom stereocenters. The molecule has 1 rings (SSSR count). The summed E-state index contributed by atoms with van der Waals surface area (Å²) >= 11 is 1.35. The number of thiophene rings is 1. The Morgan fingerprint density at radius 1 is 1.47 bits per heavy atom. The SMILES string of the molecule is CN(CC(=O)NC(C)(C)CCO)C(=O)c1cccs1. The molecule has 1 heterocycles. The van der Waals surface area contributed by atoms with E-state index in [1.807, 2.05) is 19.2 Å². The van der Waals surface area contributed by atoms with Gasteiger partial charge in [-0.3, -0.25) is 9.59 Å². The second kappa shape index (κ2) is 6.68. The van der Waals surface area contributed by atoms with Crippen molar-refractivity contribution in [1.29, 1.82) is 0 Å². The van der Waals surface area contributed by atoms with Gasteiger partial charge in [-0.1, -0.05) is 6.07 Å². The molecule has 0 saturated carbocycles. The molecule has 0 bridgehead atoms. The molecular formula is C13H20N2O3S. The Morgan fingerprint density at radius 3 is 2.68 bits per heavy atom. The zero-order chi connectivity index (χ0) is 14.5. The predicted molar refractivity (Wildman–Crippen MR) is 75.2 cm³/mol. The van der Waals surface area contributed by atoms with Gasteiger partial charge in [0.25, 0.3) is 5.91 Å². The van der Waals surface area contributed by atoms with Crippen molar-refractivity contribution in [2.45, 2.75) is 25.8 Å². The van der Waals surface area contributed by atoms with E-state index < -0.39 is 5.54 Å². The van der Waals surface area contributed by atoms with Gasteiger partial charge in [0, 0.05) is 19.2 Å². The van der Waals surface area contributed by atoms with Crippen LogP contribution >= 0.6 is 11.3 Å². The standard InChI is InChI=1S/C13H20N2O3S/c1-13(2,6-7-16)14-11(17)9-15(3)12(18)10-5-4-8-19-10/h4-5,8,16H,6-7,9H2,1-3H3,(H,14,17). The smallest absolute Gasteiger partial charge is 0.264 e. The van der Waals surface area contributed by atoms with E-state index in [4.69, 9.17) is 5.11 Å². The van der Waals surface area contributed by atoms with Crippen molar-refractivity contribution in [2.24, 2.45) is 0 Å². The fourth-order valence-corrected chi connectivity index (χ4v) is 2.35. The second-order valence-electron chi connectivity index (χ2n) is 5.04. The molecule has 6 heteroatoms. The molecule has 2 N–H and O–H groups in total. The molecular weight excluding hydrogens is 264 g/mol. The van der Waals surface area contributed by atoms with Crippen LogP contribution in [0.4, 0.5) is 0 Å². The van der Waals surface area contributed by atoms with Crippen molar-refractivity contribution in [3.05, 3.63) is 22.4 Å². The lowest BCUT2D eigenvalue weighted by Crippen LogP contribution is -2.48. The summed E-state index contributed by atoms with van der Waals surface area (Å²) < 4.78 is 0. The first-order valence-electron chi connectivity index (χ1n) is 6.06. The van der Waals surface area contributed by atoms with Crippen molar-refractivity contribution < 1.29 is 14.7 Å². The van der Waals surface area contributed by atoms with E-state index in [0.717, 1.165) is 0 Å². The third-order valence-electron chi connectivity index (χ3n) is 2.67. The van der Waals surface area contributed by atoms with Crippen LogP contribution in [0.25, 0.3) is 0 Å². The number of aliphatic hydroxyl groups excluding tert-OH is 1. The summed E-state index contributed by atoms with van der Waals surface area (Å²) in [5.74, 6) is -0.393. The quantitative estimate of drug-likeness (QED) is 0.822. The maximum Gasteiger partial charge on any atom is 0.264 e. The van der Waals surface area contributed by atoms with Gasteiger partial charge >= 0.3 is 0 Å². The first-order valence-corrected chi connectivity index (χ1v) is 6.94. The van der Waals surface area contributed by atoms with E-state index in [1.54, 1.807) is 19.2 Å². The zero-order valence-corrected chi connectivity index (χ0v) is 12.3. The largest absolute Gasteiger partial charge is 0.396 e. The van der Waals surface area contributed by atoms with Crippen molar-refractivity contribution in [2.75, 3.05) is 20.2 Å². The van der Waals surface area contributed by atoms with Gasteiger partial charge in [-0.25, -0.2) is 0 Å². The van der Waals surface area contributed by atoms with Crippen LogP contribution in [0.5, 0.6) is 0 Å². The molecule has 0 fully saturated rings. The maximum atomic E-state index is 11.9. The predicted octanol–water partition coefficient (Wildman–Crippen LogP) is 1.10. The molecule has 0 unspecified atom stereocenters. The molecule has 0 aliphatic carbocycles. The van der Waals surface area contributed by atoms with Crippen LogP contribution in [-0.2, 0) is 4.79 Å². The Bertz CT molecular complexity index is 429. The molecule has 1 aromatic heterocycles. The number of aliphatic hydroxyl groups is 1. The van der Waals surface area contributed by atoms with Crippen molar-refractivity contribution in [1.82, 2.24) is 10.2 Å². The molecule has 106 valence electrons. The molecule has 0 aliphatic rings. The number of hydrogen-bond donors (Lipinski definition) is 2. The molecule has 0 aromatic carbocycles. The minimum Gasteiger partial charge on any atom is -0.396 e. The number of carbonyl (C=O) groups excluding carboxylic acids is 2. The first kappa shape index (κ1) is 15.7. The lowest BCUT2D eigenvalue weighted by atomic mass is 10.0. The summed E-state index contributed by atoms with van der Waals surface area (Å²) in [7, 11) is 1.60. The molecule has 0 spiro atoms. The van der Waals surface area contributed by atoms with Gasteiger partial charge in [-0.05, 0) is 31.7 Å². The van der Waals surface area contributed by atoms with E-state index in [0.29, 0.717) is 11.3 Å². The second-order valence-corrected chi connectivity index (χ2v) is 5.99. The summed E-state index contributed by atoms with van der Waals surface area (Å²) in [6.45, 7) is 3.69. The summed E-state index contributed by atoms with van der Waals surface area (Å²) in [6, 6.07) is 3.53. The summed E-state index contributed by atoms with van der Waals surface area (Å²) in [5, 5.41) is 13.5. The highest BCUT2D eigenvalue weighted by Crippen LogP contribution is 2.11. The third-order valence-corrected chi connectivity index (χ3v) is 3.53. The molecule has 5 nitrogen and oxygen atoms in total. The highest BCUT2D eigenvalue weighted by atomic mass is 32.1. The average molecular weight is 284 g/mol. The van der Waals surface area contributed by atoms with E-state index >= 15 is 0 Å². The number of hydrogen-bond acceptors (Lipinski definition) is 4. The van der Waals surface area contributed by atoms with Crippen LogP contribution in [0, 0.1) is 0 Å². The Kier molecular flexibility index (Phi) is 5.50. The lowest BCUT2D eigenvalue weighted by Gasteiger charge is -2.26. The van der Waals surface area contributed by atoms with Crippen molar-refractivity contribution in [3.8, 4) is 0 Å². The van der Waals surface area contributed by atoms with Crippen molar-refractivity contribution in [3.63, 3.8) is 0 Å². The van der Waals surface area contributed by atoms with Gasteiger partial charge in [0.05, 0.1) is 11.4 Å². The van der Waals surface area contributed by atoms with Crippen LogP contribution < -0.4 is 5.32 Å². The summed E-state index contributed by atoms with van der Waals surface area (Å²) in [5.41, 5.74) is -0.474. The Hall–Kier alpha value is -1.40. The summed E-state index contributed by atoms with van der Waals surface area (Å²) in [6.07, 6.45) is 0.474. The van der Waals surface area contributed by atoms with Crippen LogP contribution in [0.2, 0.25) is 0 Å².